The molecule has 1 aromatic heterocycles. The van der Waals surface area contributed by atoms with Crippen LogP contribution in [0.3, 0.4) is 0 Å². The molecule has 0 saturated heterocycles. The fraction of sp³-hybridized carbons (Fsp3) is 0. The number of nitrogens with zero attached hydrogens (tertiary/aromatic N) is 1. The molecule has 60 heavy (non-hydrogen) atoms. The lowest BCUT2D eigenvalue weighted by atomic mass is 9.93. The number of fused-ring (bicyclic) bond motifs is 4. The van der Waals surface area contributed by atoms with Gasteiger partial charge in [-0.2, -0.15) is 0 Å². The average molecular weight is 782 g/mol. The first-order chi connectivity index (χ1) is 29.7. The second kappa shape index (κ2) is 15.3. The molecule has 10 aromatic carbocycles. The fourth-order valence-electron chi connectivity index (χ4n) is 8.64. The first-order valence-electron chi connectivity index (χ1n) is 20.5. The summed E-state index contributed by atoms with van der Waals surface area (Å²) in [4.78, 5) is 2.39. The SMILES string of the molecule is c1ccc(-c2cc(-c3ccccc3)cc(-c3ccc(N(c4ccc(-c5cccc(-c6cccc7ccccc67)c5)cc4)c4ccc5sc6ccccc6c5c4)cc3)c2)cc1. The van der Waals surface area contributed by atoms with Gasteiger partial charge in [0.1, 0.15) is 0 Å². The van der Waals surface area contributed by atoms with E-state index >= 15 is 0 Å². The van der Waals surface area contributed by atoms with E-state index in [9.17, 15) is 0 Å². The van der Waals surface area contributed by atoms with Crippen molar-refractivity contribution < 1.29 is 0 Å². The van der Waals surface area contributed by atoms with E-state index in [1.54, 1.807) is 0 Å². The van der Waals surface area contributed by atoms with Crippen molar-refractivity contribution in [1.29, 1.82) is 0 Å². The predicted molar refractivity (Wildman–Crippen MR) is 259 cm³/mol. The number of hydrogen-bond donors (Lipinski definition) is 0. The van der Waals surface area contributed by atoms with Crippen molar-refractivity contribution in [3.05, 3.63) is 237 Å². The molecule has 11 aromatic rings. The van der Waals surface area contributed by atoms with Crippen molar-refractivity contribution in [3.63, 3.8) is 0 Å². The topological polar surface area (TPSA) is 3.24 Å². The summed E-state index contributed by atoms with van der Waals surface area (Å²) in [6.45, 7) is 0. The second-order valence-electron chi connectivity index (χ2n) is 15.3. The zero-order chi connectivity index (χ0) is 39.8. The second-order valence-corrected chi connectivity index (χ2v) is 16.4. The Bertz CT molecular complexity index is 3230. The minimum atomic E-state index is 1.10. The van der Waals surface area contributed by atoms with Gasteiger partial charge in [-0.1, -0.05) is 164 Å². The van der Waals surface area contributed by atoms with Crippen LogP contribution in [0.15, 0.2) is 237 Å². The number of thiophene rings is 1. The maximum atomic E-state index is 2.39. The molecule has 1 nitrogen and oxygen atoms in total. The number of benzene rings is 10. The molecular weight excluding hydrogens is 743 g/mol. The van der Waals surface area contributed by atoms with Crippen LogP contribution in [0.1, 0.15) is 0 Å². The monoisotopic (exact) mass is 781 g/mol. The summed E-state index contributed by atoms with van der Waals surface area (Å²) in [5, 5.41) is 5.10. The van der Waals surface area contributed by atoms with E-state index in [1.807, 2.05) is 11.3 Å². The summed E-state index contributed by atoms with van der Waals surface area (Å²) in [5.41, 5.74) is 15.4. The molecule has 0 saturated carbocycles. The summed E-state index contributed by atoms with van der Waals surface area (Å²) in [6, 6.07) is 86.2. The Morgan fingerprint density at radius 1 is 0.250 bits per heavy atom. The molecule has 0 bridgehead atoms. The van der Waals surface area contributed by atoms with Gasteiger partial charge in [0.15, 0.2) is 0 Å². The molecule has 0 unspecified atom stereocenters. The quantitative estimate of drug-likeness (QED) is 0.148. The summed E-state index contributed by atoms with van der Waals surface area (Å²) in [5.74, 6) is 0. The molecule has 0 aliphatic heterocycles. The van der Waals surface area contributed by atoms with Crippen molar-refractivity contribution >= 4 is 59.3 Å². The highest BCUT2D eigenvalue weighted by Gasteiger charge is 2.17. The fourth-order valence-corrected chi connectivity index (χ4v) is 9.72. The van der Waals surface area contributed by atoms with Gasteiger partial charge in [0.05, 0.1) is 0 Å². The minimum absolute atomic E-state index is 1.10. The third-order valence-electron chi connectivity index (χ3n) is 11.6. The lowest BCUT2D eigenvalue weighted by Crippen LogP contribution is -2.09. The molecule has 0 aliphatic carbocycles. The smallest absolute Gasteiger partial charge is 0.0468 e. The molecule has 0 fully saturated rings. The minimum Gasteiger partial charge on any atom is -0.310 e. The van der Waals surface area contributed by atoms with Crippen molar-refractivity contribution in [2.24, 2.45) is 0 Å². The van der Waals surface area contributed by atoms with Gasteiger partial charge in [-0.25, -0.2) is 0 Å². The van der Waals surface area contributed by atoms with Gasteiger partial charge in [-0.05, 0) is 139 Å². The first kappa shape index (κ1) is 35.6. The van der Waals surface area contributed by atoms with Crippen LogP contribution in [0.4, 0.5) is 17.1 Å². The van der Waals surface area contributed by atoms with Crippen LogP contribution in [-0.2, 0) is 0 Å². The van der Waals surface area contributed by atoms with Crippen molar-refractivity contribution in [3.8, 4) is 55.6 Å². The van der Waals surface area contributed by atoms with Crippen LogP contribution in [-0.4, -0.2) is 0 Å². The number of rotatable bonds is 8. The maximum absolute atomic E-state index is 2.39. The normalized spacial score (nSPS) is 11.3. The Morgan fingerprint density at radius 2 is 0.700 bits per heavy atom. The molecule has 0 aliphatic rings. The van der Waals surface area contributed by atoms with Gasteiger partial charge in [0.25, 0.3) is 0 Å². The molecule has 0 spiro atoms. The highest BCUT2D eigenvalue weighted by molar-refractivity contribution is 7.25. The maximum Gasteiger partial charge on any atom is 0.0468 e. The summed E-state index contributed by atoms with van der Waals surface area (Å²) >= 11 is 1.85. The van der Waals surface area contributed by atoms with Crippen molar-refractivity contribution in [2.75, 3.05) is 4.90 Å². The Labute approximate surface area is 354 Å². The van der Waals surface area contributed by atoms with Crippen LogP contribution in [0, 0.1) is 0 Å². The molecule has 1 heterocycles. The van der Waals surface area contributed by atoms with Crippen LogP contribution < -0.4 is 4.90 Å². The summed E-state index contributed by atoms with van der Waals surface area (Å²) in [6.07, 6.45) is 0. The van der Waals surface area contributed by atoms with Gasteiger partial charge in [0, 0.05) is 37.2 Å². The van der Waals surface area contributed by atoms with Gasteiger partial charge < -0.3 is 4.90 Å². The van der Waals surface area contributed by atoms with E-state index in [2.05, 4.69) is 241 Å². The Kier molecular flexibility index (Phi) is 9.11. The average Bonchev–Trinajstić information content (AvgIpc) is 3.70. The molecule has 0 N–H and O–H groups in total. The first-order valence-corrected chi connectivity index (χ1v) is 21.3. The van der Waals surface area contributed by atoms with Crippen molar-refractivity contribution in [2.45, 2.75) is 0 Å². The van der Waals surface area contributed by atoms with Crippen LogP contribution in [0.2, 0.25) is 0 Å². The Morgan fingerprint density at radius 3 is 1.37 bits per heavy atom. The largest absolute Gasteiger partial charge is 0.310 e. The van der Waals surface area contributed by atoms with Crippen LogP contribution >= 0.6 is 11.3 Å². The van der Waals surface area contributed by atoms with E-state index in [4.69, 9.17) is 0 Å². The predicted octanol–water partition coefficient (Wildman–Crippen LogP) is 17.0. The molecule has 0 amide bonds. The van der Waals surface area contributed by atoms with Crippen LogP contribution in [0.5, 0.6) is 0 Å². The zero-order valence-corrected chi connectivity index (χ0v) is 33.7. The Hall–Kier alpha value is -7.52. The van der Waals surface area contributed by atoms with Crippen LogP contribution in [0.25, 0.3) is 86.6 Å². The molecule has 11 rings (SSSR count). The molecule has 282 valence electrons. The van der Waals surface area contributed by atoms with E-state index in [1.165, 1.54) is 86.6 Å². The molecular formula is C58H39NS. The van der Waals surface area contributed by atoms with E-state index in [-0.39, 0.29) is 0 Å². The third-order valence-corrected chi connectivity index (χ3v) is 12.8. The Balaban J connectivity index is 0.994. The van der Waals surface area contributed by atoms with Gasteiger partial charge >= 0.3 is 0 Å². The lowest BCUT2D eigenvalue weighted by Gasteiger charge is -2.26. The summed E-state index contributed by atoms with van der Waals surface area (Å²) in [7, 11) is 0. The van der Waals surface area contributed by atoms with Gasteiger partial charge in [-0.15, -0.1) is 11.3 Å². The molecule has 2 heteroatoms. The number of hydrogen-bond acceptors (Lipinski definition) is 2. The van der Waals surface area contributed by atoms with Gasteiger partial charge in [0.2, 0.25) is 0 Å². The molecule has 0 atom stereocenters. The standard InChI is InChI=1S/C58H39NS/c1-3-13-40(14-4-1)47-36-48(41-15-5-2-6-16-41)38-49(37-47)43-27-31-51(32-28-43)59(52-33-34-58-56(39-52)55-22-9-10-24-57(55)60-58)50-29-25-42(26-30-50)45-19-11-20-46(35-45)54-23-12-18-44-17-7-8-21-53(44)54/h1-39H. The lowest BCUT2D eigenvalue weighted by molar-refractivity contribution is 1.29. The van der Waals surface area contributed by atoms with E-state index < -0.39 is 0 Å². The van der Waals surface area contributed by atoms with Crippen molar-refractivity contribution in [1.82, 2.24) is 0 Å². The highest BCUT2D eigenvalue weighted by atomic mass is 32.1. The number of anilines is 3. The third kappa shape index (κ3) is 6.73. The molecule has 0 radical (unpaired) electrons. The van der Waals surface area contributed by atoms with Gasteiger partial charge in [-0.3, -0.25) is 0 Å². The zero-order valence-electron chi connectivity index (χ0n) is 32.9. The van der Waals surface area contributed by atoms with E-state index in [0.717, 1.165) is 17.1 Å². The highest BCUT2D eigenvalue weighted by Crippen LogP contribution is 2.42. The summed E-state index contributed by atoms with van der Waals surface area (Å²) < 4.78 is 2.60. The van der Waals surface area contributed by atoms with E-state index in [0.29, 0.717) is 0 Å².